The Morgan fingerprint density at radius 2 is 2.60 bits per heavy atom. The van der Waals surface area contributed by atoms with E-state index in [-0.39, 0.29) is 6.54 Å². The number of nitrogens with two attached hydrogens (primary N) is 1. The van der Waals surface area contributed by atoms with Gasteiger partial charge in [0.15, 0.2) is 6.26 Å². The molecule has 0 aliphatic carbocycles. The van der Waals surface area contributed by atoms with E-state index in [0.29, 0.717) is 6.42 Å². The molecule has 1 aromatic heterocycles. The third kappa shape index (κ3) is 1.86. The molecule has 1 heterocycles. The van der Waals surface area contributed by atoms with Crippen LogP contribution in [0.3, 0.4) is 0 Å². The molecular formula is C7H10NO2. The average Bonchev–Trinajstić information content (AvgIpc) is 2.40. The fourth-order valence-corrected chi connectivity index (χ4v) is 0.707. The number of hydrogen-bond acceptors (Lipinski definition) is 3. The summed E-state index contributed by atoms with van der Waals surface area (Å²) >= 11 is 0. The molecule has 0 amide bonds. The highest BCUT2D eigenvalue weighted by Crippen LogP contribution is 2.01. The molecule has 55 valence electrons. The largest absolute Gasteiger partial charge is 0.461 e. The van der Waals surface area contributed by atoms with Crippen LogP contribution in [0.2, 0.25) is 0 Å². The summed E-state index contributed by atoms with van der Waals surface area (Å²) in [4.78, 5) is 0. The molecule has 10 heavy (non-hydrogen) atoms. The van der Waals surface area contributed by atoms with Gasteiger partial charge in [0, 0.05) is 18.5 Å². The van der Waals surface area contributed by atoms with Crippen LogP contribution in [0, 0.1) is 6.26 Å². The number of aliphatic hydroxyl groups is 1. The Labute approximate surface area is 59.5 Å². The Hall–Kier alpha value is -0.800. The highest BCUT2D eigenvalue weighted by Gasteiger charge is 2.03. The minimum absolute atomic E-state index is 0.277. The average molecular weight is 140 g/mol. The van der Waals surface area contributed by atoms with Gasteiger partial charge in [-0.1, -0.05) is 0 Å². The molecule has 3 N–H and O–H groups in total. The molecule has 0 saturated carbocycles. The van der Waals surface area contributed by atoms with Crippen LogP contribution in [0.4, 0.5) is 0 Å². The fraction of sp³-hybridized carbons (Fsp3) is 0.429. The van der Waals surface area contributed by atoms with Crippen LogP contribution < -0.4 is 5.73 Å². The summed E-state index contributed by atoms with van der Waals surface area (Å²) in [6.07, 6.45) is 4.18. The summed E-state index contributed by atoms with van der Waals surface area (Å²) in [5, 5.41) is 9.04. The van der Waals surface area contributed by atoms with Gasteiger partial charge in [0.2, 0.25) is 0 Å². The van der Waals surface area contributed by atoms with Crippen LogP contribution in [-0.4, -0.2) is 17.8 Å². The fourth-order valence-electron chi connectivity index (χ4n) is 0.707. The zero-order valence-corrected chi connectivity index (χ0v) is 5.58. The van der Waals surface area contributed by atoms with Gasteiger partial charge < -0.3 is 15.3 Å². The zero-order chi connectivity index (χ0) is 7.40. The van der Waals surface area contributed by atoms with E-state index >= 15 is 0 Å². The predicted octanol–water partition coefficient (Wildman–Crippen LogP) is -0.0581. The van der Waals surface area contributed by atoms with E-state index < -0.39 is 6.10 Å². The minimum atomic E-state index is -0.478. The standard InChI is InChI=1S/C7H10NO2/c8-4-7(9)3-6-1-2-10-5-6/h1-2,7,9H,3-4,8H2. The lowest BCUT2D eigenvalue weighted by molar-refractivity contribution is 0.183. The van der Waals surface area contributed by atoms with Gasteiger partial charge in [0.05, 0.1) is 12.4 Å². The highest BCUT2D eigenvalue weighted by atomic mass is 16.3. The molecule has 0 aliphatic rings. The van der Waals surface area contributed by atoms with Crippen molar-refractivity contribution in [3.8, 4) is 0 Å². The number of furan rings is 1. The first-order valence-electron chi connectivity index (χ1n) is 3.15. The SMILES string of the molecule is NCC(O)Cc1[c]occ1. The summed E-state index contributed by atoms with van der Waals surface area (Å²) < 4.78 is 4.68. The maximum absolute atomic E-state index is 9.04. The Morgan fingerprint density at radius 3 is 3.10 bits per heavy atom. The molecule has 0 fully saturated rings. The van der Waals surface area contributed by atoms with Crippen LogP contribution in [-0.2, 0) is 6.42 Å². The summed E-state index contributed by atoms with van der Waals surface area (Å²) in [7, 11) is 0. The maximum atomic E-state index is 9.04. The molecule has 3 heteroatoms. The van der Waals surface area contributed by atoms with Crippen LogP contribution in [0.25, 0.3) is 0 Å². The summed E-state index contributed by atoms with van der Waals surface area (Å²) in [6.45, 7) is 0.277. The topological polar surface area (TPSA) is 59.4 Å². The van der Waals surface area contributed by atoms with Crippen molar-refractivity contribution in [1.82, 2.24) is 0 Å². The van der Waals surface area contributed by atoms with Gasteiger partial charge in [-0.2, -0.15) is 0 Å². The molecule has 1 radical (unpaired) electrons. The van der Waals surface area contributed by atoms with Crippen LogP contribution in [0.5, 0.6) is 0 Å². The second-order valence-electron chi connectivity index (χ2n) is 2.14. The summed E-state index contributed by atoms with van der Waals surface area (Å²) in [5.41, 5.74) is 6.05. The highest BCUT2D eigenvalue weighted by molar-refractivity contribution is 5.05. The van der Waals surface area contributed by atoms with E-state index in [1.165, 1.54) is 6.26 Å². The van der Waals surface area contributed by atoms with Gasteiger partial charge in [-0.05, 0) is 6.07 Å². The monoisotopic (exact) mass is 140 g/mol. The summed E-state index contributed by atoms with van der Waals surface area (Å²) in [5.74, 6) is 0. The van der Waals surface area contributed by atoms with Crippen molar-refractivity contribution in [2.75, 3.05) is 6.54 Å². The smallest absolute Gasteiger partial charge is 0.172 e. The molecule has 1 unspecified atom stereocenters. The van der Waals surface area contributed by atoms with Crippen molar-refractivity contribution in [3.63, 3.8) is 0 Å². The lowest BCUT2D eigenvalue weighted by atomic mass is 10.1. The zero-order valence-electron chi connectivity index (χ0n) is 5.58. The molecule has 0 saturated heterocycles. The van der Waals surface area contributed by atoms with Crippen LogP contribution in [0.15, 0.2) is 16.7 Å². The molecule has 1 aromatic rings. The lowest BCUT2D eigenvalue weighted by Crippen LogP contribution is -2.21. The van der Waals surface area contributed by atoms with Crippen LogP contribution >= 0.6 is 0 Å². The molecule has 0 bridgehead atoms. The van der Waals surface area contributed by atoms with Gasteiger partial charge in [0.1, 0.15) is 0 Å². The van der Waals surface area contributed by atoms with Crippen LogP contribution in [0.1, 0.15) is 5.56 Å². The van der Waals surface area contributed by atoms with Crippen molar-refractivity contribution in [1.29, 1.82) is 0 Å². The van der Waals surface area contributed by atoms with Gasteiger partial charge in [-0.25, -0.2) is 0 Å². The molecule has 1 rings (SSSR count). The number of rotatable bonds is 3. The van der Waals surface area contributed by atoms with E-state index in [2.05, 4.69) is 10.7 Å². The quantitative estimate of drug-likeness (QED) is 0.618. The van der Waals surface area contributed by atoms with Gasteiger partial charge in [-0.3, -0.25) is 0 Å². The minimum Gasteiger partial charge on any atom is -0.461 e. The third-order valence-corrected chi connectivity index (χ3v) is 1.25. The molecule has 0 aliphatic heterocycles. The van der Waals surface area contributed by atoms with Crippen molar-refractivity contribution in [2.24, 2.45) is 5.73 Å². The van der Waals surface area contributed by atoms with Gasteiger partial charge >= 0.3 is 0 Å². The first kappa shape index (κ1) is 7.31. The summed E-state index contributed by atoms with van der Waals surface area (Å²) in [6, 6.07) is 1.76. The van der Waals surface area contributed by atoms with E-state index in [9.17, 15) is 0 Å². The van der Waals surface area contributed by atoms with E-state index in [0.717, 1.165) is 5.56 Å². The normalized spacial score (nSPS) is 13.4. The Bertz CT molecular complexity index is 172. The van der Waals surface area contributed by atoms with Crippen molar-refractivity contribution < 1.29 is 9.52 Å². The number of aliphatic hydroxyl groups excluding tert-OH is 1. The Kier molecular flexibility index (Phi) is 2.48. The Morgan fingerprint density at radius 1 is 1.80 bits per heavy atom. The van der Waals surface area contributed by atoms with Crippen molar-refractivity contribution in [3.05, 3.63) is 24.2 Å². The second kappa shape index (κ2) is 3.39. The Balaban J connectivity index is 2.40. The van der Waals surface area contributed by atoms with E-state index in [1.54, 1.807) is 6.07 Å². The van der Waals surface area contributed by atoms with Crippen molar-refractivity contribution >= 4 is 0 Å². The van der Waals surface area contributed by atoms with E-state index in [1.807, 2.05) is 0 Å². The first-order valence-corrected chi connectivity index (χ1v) is 3.15. The predicted molar refractivity (Wildman–Crippen MR) is 36.3 cm³/mol. The van der Waals surface area contributed by atoms with Gasteiger partial charge in [0.25, 0.3) is 0 Å². The third-order valence-electron chi connectivity index (χ3n) is 1.25. The molecule has 0 spiro atoms. The van der Waals surface area contributed by atoms with E-state index in [4.69, 9.17) is 10.8 Å². The first-order chi connectivity index (χ1) is 4.83. The van der Waals surface area contributed by atoms with Gasteiger partial charge in [-0.15, -0.1) is 0 Å². The molecule has 1 atom stereocenters. The lowest BCUT2D eigenvalue weighted by Gasteiger charge is -2.02. The maximum Gasteiger partial charge on any atom is 0.172 e. The molecule has 3 nitrogen and oxygen atoms in total. The number of hydrogen-bond donors (Lipinski definition) is 2. The van der Waals surface area contributed by atoms with Crippen molar-refractivity contribution in [2.45, 2.75) is 12.5 Å². The second-order valence-corrected chi connectivity index (χ2v) is 2.14. The molecular weight excluding hydrogens is 130 g/mol. The molecule has 0 aromatic carbocycles.